The predicted molar refractivity (Wildman–Crippen MR) is 77.9 cm³/mol. The van der Waals surface area contributed by atoms with Gasteiger partial charge in [-0.2, -0.15) is 10.4 Å². The number of hydrogen-bond acceptors (Lipinski definition) is 5. The van der Waals surface area contributed by atoms with Crippen molar-refractivity contribution in [3.8, 4) is 17.6 Å². The van der Waals surface area contributed by atoms with Crippen LogP contribution in [0.2, 0.25) is 0 Å². The Labute approximate surface area is 120 Å². The molecular weight excluding hydrogens is 270 g/mol. The number of aromatic amines is 1. The van der Waals surface area contributed by atoms with E-state index in [0.29, 0.717) is 17.0 Å². The summed E-state index contributed by atoms with van der Waals surface area (Å²) in [6.45, 7) is 1.66. The Hall–Kier alpha value is -3.07. The van der Waals surface area contributed by atoms with E-state index in [2.05, 4.69) is 10.2 Å². The number of nitrogens with one attached hydrogen (secondary N) is 1. The molecule has 2 rings (SSSR count). The lowest BCUT2D eigenvalue weighted by molar-refractivity contribution is 0.373. The molecule has 0 amide bonds. The first-order valence-corrected chi connectivity index (χ1v) is 6.11. The summed E-state index contributed by atoms with van der Waals surface area (Å²) in [4.78, 5) is 11.4. The Kier molecular flexibility index (Phi) is 4.05. The van der Waals surface area contributed by atoms with E-state index < -0.39 is 5.56 Å². The number of ether oxygens (including phenoxy) is 1. The molecule has 6 heteroatoms. The fourth-order valence-electron chi connectivity index (χ4n) is 1.82. The number of hydrogen-bond donors (Lipinski definition) is 2. The van der Waals surface area contributed by atoms with Crippen molar-refractivity contribution < 1.29 is 9.84 Å². The average molecular weight is 283 g/mol. The number of H-pyrrole nitrogens is 1. The van der Waals surface area contributed by atoms with Crippen LogP contribution in [0.1, 0.15) is 22.4 Å². The first-order valence-electron chi connectivity index (χ1n) is 6.11. The zero-order valence-corrected chi connectivity index (χ0v) is 11.5. The molecule has 0 unspecified atom stereocenters. The van der Waals surface area contributed by atoms with Gasteiger partial charge in [-0.25, -0.2) is 5.10 Å². The zero-order chi connectivity index (χ0) is 15.4. The van der Waals surface area contributed by atoms with Crippen LogP contribution in [0.3, 0.4) is 0 Å². The maximum Gasteiger partial charge on any atom is 0.282 e. The van der Waals surface area contributed by atoms with Crippen LogP contribution in [-0.4, -0.2) is 22.4 Å². The molecule has 0 spiro atoms. The number of aromatic nitrogens is 2. The molecule has 0 radical (unpaired) electrons. The number of phenols is 1. The van der Waals surface area contributed by atoms with E-state index in [9.17, 15) is 9.90 Å². The van der Waals surface area contributed by atoms with Crippen LogP contribution >= 0.6 is 0 Å². The van der Waals surface area contributed by atoms with E-state index in [0.717, 1.165) is 5.56 Å². The van der Waals surface area contributed by atoms with Gasteiger partial charge in [-0.3, -0.25) is 4.79 Å². The number of nitriles is 1. The van der Waals surface area contributed by atoms with Crippen molar-refractivity contribution in [2.24, 2.45) is 0 Å². The van der Waals surface area contributed by atoms with Gasteiger partial charge in [-0.05, 0) is 36.3 Å². The number of aromatic hydroxyl groups is 1. The minimum Gasteiger partial charge on any atom is -0.504 e. The molecule has 2 aromatic rings. The first-order chi connectivity index (χ1) is 10.1. The molecule has 0 aliphatic heterocycles. The molecule has 1 aromatic heterocycles. The molecule has 106 valence electrons. The van der Waals surface area contributed by atoms with Crippen LogP contribution in [0.5, 0.6) is 11.5 Å². The van der Waals surface area contributed by atoms with Crippen LogP contribution < -0.4 is 10.3 Å². The molecule has 2 N–H and O–H groups in total. The number of benzene rings is 1. The van der Waals surface area contributed by atoms with Crippen molar-refractivity contribution in [2.45, 2.75) is 6.92 Å². The van der Waals surface area contributed by atoms with Gasteiger partial charge in [0.1, 0.15) is 11.6 Å². The Morgan fingerprint density at radius 2 is 2.19 bits per heavy atom. The molecule has 0 fully saturated rings. The van der Waals surface area contributed by atoms with Gasteiger partial charge in [0.25, 0.3) is 5.56 Å². The number of nitrogens with zero attached hydrogens (tertiary/aromatic N) is 2. The molecule has 0 aliphatic rings. The standard InChI is InChI=1S/C15H13N3O3/c1-9-11(8-16)15(20)18-17-12(9)5-3-10-4-6-13(19)14(7-10)21-2/h3-7,19H,1-2H3,(H,18,20)/b5-3+. The summed E-state index contributed by atoms with van der Waals surface area (Å²) in [5.74, 6) is 0.417. The van der Waals surface area contributed by atoms with Crippen molar-refractivity contribution >= 4 is 12.2 Å². The van der Waals surface area contributed by atoms with Gasteiger partial charge in [0, 0.05) is 0 Å². The summed E-state index contributed by atoms with van der Waals surface area (Å²) in [5.41, 5.74) is 1.35. The van der Waals surface area contributed by atoms with Crippen molar-refractivity contribution in [3.63, 3.8) is 0 Å². The highest BCUT2D eigenvalue weighted by molar-refractivity contribution is 5.71. The fraction of sp³-hybridized carbons (Fsp3) is 0.133. The summed E-state index contributed by atoms with van der Waals surface area (Å²) in [7, 11) is 1.47. The van der Waals surface area contributed by atoms with Crippen molar-refractivity contribution in [3.05, 3.63) is 50.9 Å². The number of phenolic OH excluding ortho intramolecular Hbond substituents is 1. The average Bonchev–Trinajstić information content (AvgIpc) is 2.48. The fourth-order valence-corrected chi connectivity index (χ4v) is 1.82. The largest absolute Gasteiger partial charge is 0.504 e. The molecular formula is C15H13N3O3. The summed E-state index contributed by atoms with van der Waals surface area (Å²) < 4.78 is 5.02. The number of rotatable bonds is 3. The van der Waals surface area contributed by atoms with Crippen LogP contribution in [0.25, 0.3) is 12.2 Å². The topological polar surface area (TPSA) is 99.0 Å². The van der Waals surface area contributed by atoms with Gasteiger partial charge >= 0.3 is 0 Å². The third kappa shape index (κ3) is 2.92. The summed E-state index contributed by atoms with van der Waals surface area (Å²) in [6.07, 6.45) is 3.43. The van der Waals surface area contributed by atoms with Crippen LogP contribution in [-0.2, 0) is 0 Å². The lowest BCUT2D eigenvalue weighted by Crippen LogP contribution is -2.15. The van der Waals surface area contributed by atoms with E-state index in [-0.39, 0.29) is 11.3 Å². The molecule has 0 atom stereocenters. The van der Waals surface area contributed by atoms with Crippen LogP contribution in [0.15, 0.2) is 23.0 Å². The second-order valence-electron chi connectivity index (χ2n) is 4.31. The lowest BCUT2D eigenvalue weighted by atomic mass is 10.1. The monoisotopic (exact) mass is 283 g/mol. The molecule has 0 saturated heterocycles. The molecule has 0 bridgehead atoms. The Morgan fingerprint density at radius 1 is 1.43 bits per heavy atom. The lowest BCUT2D eigenvalue weighted by Gasteiger charge is -2.04. The van der Waals surface area contributed by atoms with E-state index in [1.165, 1.54) is 13.2 Å². The van der Waals surface area contributed by atoms with Crippen molar-refractivity contribution in [1.29, 1.82) is 5.26 Å². The molecule has 6 nitrogen and oxygen atoms in total. The van der Waals surface area contributed by atoms with E-state index in [1.54, 1.807) is 31.2 Å². The molecule has 1 heterocycles. The molecule has 0 saturated carbocycles. The first kappa shape index (κ1) is 14.3. The SMILES string of the molecule is COc1cc(/C=C/c2n[nH]c(=O)c(C#N)c2C)ccc1O. The summed E-state index contributed by atoms with van der Waals surface area (Å²) in [6, 6.07) is 6.75. The Balaban J connectivity index is 2.39. The molecule has 21 heavy (non-hydrogen) atoms. The van der Waals surface area contributed by atoms with Crippen LogP contribution in [0.4, 0.5) is 0 Å². The second kappa shape index (κ2) is 5.92. The number of methoxy groups -OCH3 is 1. The summed E-state index contributed by atoms with van der Waals surface area (Å²) in [5, 5.41) is 24.7. The smallest absolute Gasteiger partial charge is 0.282 e. The van der Waals surface area contributed by atoms with Crippen molar-refractivity contribution in [2.75, 3.05) is 7.11 Å². The van der Waals surface area contributed by atoms with Gasteiger partial charge in [0.15, 0.2) is 11.5 Å². The minimum absolute atomic E-state index is 0.0490. The highest BCUT2D eigenvalue weighted by Crippen LogP contribution is 2.27. The van der Waals surface area contributed by atoms with Crippen LogP contribution in [0, 0.1) is 18.3 Å². The van der Waals surface area contributed by atoms with Gasteiger partial charge < -0.3 is 9.84 Å². The van der Waals surface area contributed by atoms with E-state index in [1.807, 2.05) is 6.07 Å². The quantitative estimate of drug-likeness (QED) is 0.895. The van der Waals surface area contributed by atoms with Gasteiger partial charge in [-0.1, -0.05) is 12.1 Å². The Morgan fingerprint density at radius 3 is 2.86 bits per heavy atom. The second-order valence-corrected chi connectivity index (χ2v) is 4.31. The highest BCUT2D eigenvalue weighted by atomic mass is 16.5. The maximum atomic E-state index is 11.4. The van der Waals surface area contributed by atoms with E-state index >= 15 is 0 Å². The maximum absolute atomic E-state index is 11.4. The highest BCUT2D eigenvalue weighted by Gasteiger charge is 2.07. The van der Waals surface area contributed by atoms with E-state index in [4.69, 9.17) is 10.00 Å². The zero-order valence-electron chi connectivity index (χ0n) is 11.5. The minimum atomic E-state index is -0.501. The Bertz CT molecular complexity index is 801. The normalized spacial score (nSPS) is 10.5. The predicted octanol–water partition coefficient (Wildman–Crippen LogP) is 1.83. The summed E-state index contributed by atoms with van der Waals surface area (Å²) >= 11 is 0. The van der Waals surface area contributed by atoms with Gasteiger partial charge in [0.2, 0.25) is 0 Å². The third-order valence-electron chi connectivity index (χ3n) is 3.01. The van der Waals surface area contributed by atoms with Crippen molar-refractivity contribution in [1.82, 2.24) is 10.2 Å². The van der Waals surface area contributed by atoms with Gasteiger partial charge in [-0.15, -0.1) is 0 Å². The third-order valence-corrected chi connectivity index (χ3v) is 3.01. The molecule has 0 aliphatic carbocycles. The van der Waals surface area contributed by atoms with Gasteiger partial charge in [0.05, 0.1) is 12.8 Å². The molecule has 1 aromatic carbocycles.